The third-order valence-corrected chi connectivity index (χ3v) is 3.50. The van der Waals surface area contributed by atoms with Crippen molar-refractivity contribution in [2.24, 2.45) is 7.05 Å². The van der Waals surface area contributed by atoms with Gasteiger partial charge in [0.1, 0.15) is 17.1 Å². The summed E-state index contributed by atoms with van der Waals surface area (Å²) in [6.07, 6.45) is 4.78. The molecule has 20 heavy (non-hydrogen) atoms. The van der Waals surface area contributed by atoms with Crippen molar-refractivity contribution >= 4 is 0 Å². The lowest BCUT2D eigenvalue weighted by Gasteiger charge is -2.25. The molecule has 0 aliphatic heterocycles. The zero-order chi connectivity index (χ0) is 14.8. The van der Waals surface area contributed by atoms with Gasteiger partial charge in [0.25, 0.3) is 0 Å². The zero-order valence-corrected chi connectivity index (χ0v) is 12.6. The number of aromatic nitrogens is 2. The molecule has 0 aliphatic carbocycles. The van der Waals surface area contributed by atoms with Crippen LogP contribution in [0.2, 0.25) is 0 Å². The monoisotopic (exact) mass is 277 g/mol. The molecule has 2 aromatic heterocycles. The fraction of sp³-hybridized carbons (Fsp3) is 0.533. The average molecular weight is 277 g/mol. The van der Waals surface area contributed by atoms with Crippen molar-refractivity contribution in [1.82, 2.24) is 15.1 Å². The summed E-state index contributed by atoms with van der Waals surface area (Å²) in [5.41, 5.74) is 0.102. The van der Waals surface area contributed by atoms with Gasteiger partial charge in [0.05, 0.1) is 6.20 Å². The van der Waals surface area contributed by atoms with Crippen molar-refractivity contribution < 1.29 is 9.52 Å². The Morgan fingerprint density at radius 1 is 1.50 bits per heavy atom. The highest BCUT2D eigenvalue weighted by molar-refractivity contribution is 5.14. The van der Waals surface area contributed by atoms with Gasteiger partial charge < -0.3 is 14.8 Å². The molecule has 2 unspecified atom stereocenters. The van der Waals surface area contributed by atoms with E-state index in [1.54, 1.807) is 11.6 Å². The summed E-state index contributed by atoms with van der Waals surface area (Å²) >= 11 is 0. The van der Waals surface area contributed by atoms with Crippen molar-refractivity contribution in [2.45, 2.75) is 38.8 Å². The van der Waals surface area contributed by atoms with Crippen LogP contribution >= 0.6 is 0 Å². The first kappa shape index (κ1) is 14.8. The Morgan fingerprint density at radius 2 is 2.25 bits per heavy atom. The van der Waals surface area contributed by atoms with E-state index in [-0.39, 0.29) is 6.04 Å². The van der Waals surface area contributed by atoms with Gasteiger partial charge in [-0.2, -0.15) is 5.10 Å². The highest BCUT2D eigenvalue weighted by Gasteiger charge is 2.27. The Labute approximate surface area is 119 Å². The van der Waals surface area contributed by atoms with Crippen LogP contribution in [0, 0.1) is 6.92 Å². The summed E-state index contributed by atoms with van der Waals surface area (Å²) in [7, 11) is 1.90. The third-order valence-electron chi connectivity index (χ3n) is 3.50. The molecule has 0 amide bonds. The van der Waals surface area contributed by atoms with Crippen molar-refractivity contribution in [3.63, 3.8) is 0 Å². The molecule has 0 radical (unpaired) electrons. The fourth-order valence-electron chi connectivity index (χ4n) is 2.25. The van der Waals surface area contributed by atoms with Gasteiger partial charge in [-0.25, -0.2) is 0 Å². The SMILES string of the molecule is CCC(NCC(C)(O)c1ccc(C)o1)c1cnn(C)c1. The van der Waals surface area contributed by atoms with Gasteiger partial charge in [0.2, 0.25) is 0 Å². The zero-order valence-electron chi connectivity index (χ0n) is 12.6. The summed E-state index contributed by atoms with van der Waals surface area (Å²) < 4.78 is 7.30. The van der Waals surface area contributed by atoms with E-state index in [0.717, 1.165) is 17.7 Å². The molecule has 0 aromatic carbocycles. The van der Waals surface area contributed by atoms with E-state index in [1.807, 2.05) is 38.5 Å². The Hall–Kier alpha value is -1.59. The first-order chi connectivity index (χ1) is 9.42. The second-order valence-electron chi connectivity index (χ2n) is 5.47. The molecule has 2 N–H and O–H groups in total. The molecule has 0 saturated heterocycles. The maximum Gasteiger partial charge on any atom is 0.136 e. The maximum atomic E-state index is 10.5. The fourth-order valence-corrected chi connectivity index (χ4v) is 2.25. The highest BCUT2D eigenvalue weighted by Crippen LogP contribution is 2.24. The highest BCUT2D eigenvalue weighted by atomic mass is 16.4. The molecular weight excluding hydrogens is 254 g/mol. The number of aryl methyl sites for hydroxylation is 2. The molecule has 110 valence electrons. The van der Waals surface area contributed by atoms with Crippen LogP contribution in [0.1, 0.15) is 43.4 Å². The largest absolute Gasteiger partial charge is 0.463 e. The predicted octanol–water partition coefficient (Wildman–Crippen LogP) is 2.27. The van der Waals surface area contributed by atoms with E-state index in [2.05, 4.69) is 17.3 Å². The Bertz CT molecular complexity index is 557. The van der Waals surface area contributed by atoms with E-state index in [4.69, 9.17) is 4.42 Å². The molecule has 2 aromatic rings. The lowest BCUT2D eigenvalue weighted by Crippen LogP contribution is -2.37. The summed E-state index contributed by atoms with van der Waals surface area (Å²) in [4.78, 5) is 0. The number of aliphatic hydroxyl groups is 1. The summed E-state index contributed by atoms with van der Waals surface area (Å²) in [6, 6.07) is 3.86. The lowest BCUT2D eigenvalue weighted by molar-refractivity contribution is 0.0306. The third kappa shape index (κ3) is 3.29. The van der Waals surface area contributed by atoms with Gasteiger partial charge in [0, 0.05) is 31.4 Å². The molecule has 2 atom stereocenters. The number of rotatable bonds is 6. The number of nitrogens with one attached hydrogen (secondary N) is 1. The van der Waals surface area contributed by atoms with Crippen LogP contribution in [0.5, 0.6) is 0 Å². The first-order valence-corrected chi connectivity index (χ1v) is 6.93. The quantitative estimate of drug-likeness (QED) is 0.850. The number of hydrogen-bond acceptors (Lipinski definition) is 4. The number of nitrogens with zero attached hydrogens (tertiary/aromatic N) is 2. The topological polar surface area (TPSA) is 63.2 Å². The van der Waals surface area contributed by atoms with Gasteiger partial charge in [0.15, 0.2) is 0 Å². The summed E-state index contributed by atoms with van der Waals surface area (Å²) in [5, 5.41) is 18.1. The summed E-state index contributed by atoms with van der Waals surface area (Å²) in [6.45, 7) is 6.16. The molecule has 2 heterocycles. The Morgan fingerprint density at radius 3 is 2.75 bits per heavy atom. The van der Waals surface area contributed by atoms with Gasteiger partial charge in [-0.05, 0) is 32.4 Å². The molecule has 5 nitrogen and oxygen atoms in total. The predicted molar refractivity (Wildman–Crippen MR) is 77.3 cm³/mol. The van der Waals surface area contributed by atoms with Gasteiger partial charge in [-0.3, -0.25) is 4.68 Å². The normalized spacial score (nSPS) is 16.1. The number of hydrogen-bond donors (Lipinski definition) is 2. The van der Waals surface area contributed by atoms with Crippen LogP contribution in [-0.4, -0.2) is 21.4 Å². The molecular formula is C15H23N3O2. The summed E-state index contributed by atoms with van der Waals surface area (Å²) in [5.74, 6) is 1.39. The first-order valence-electron chi connectivity index (χ1n) is 6.93. The van der Waals surface area contributed by atoms with E-state index in [0.29, 0.717) is 12.3 Å². The maximum absolute atomic E-state index is 10.5. The van der Waals surface area contributed by atoms with Crippen LogP contribution in [-0.2, 0) is 12.6 Å². The van der Waals surface area contributed by atoms with Crippen molar-refractivity contribution in [3.05, 3.63) is 41.6 Å². The second kappa shape index (κ2) is 5.81. The minimum atomic E-state index is -1.02. The molecule has 0 aliphatic rings. The van der Waals surface area contributed by atoms with Crippen LogP contribution in [0.25, 0.3) is 0 Å². The van der Waals surface area contributed by atoms with Crippen molar-refractivity contribution in [3.8, 4) is 0 Å². The Kier molecular flexibility index (Phi) is 4.30. The Balaban J connectivity index is 2.02. The molecule has 0 fully saturated rings. The average Bonchev–Trinajstić information content (AvgIpc) is 2.99. The van der Waals surface area contributed by atoms with E-state index in [9.17, 15) is 5.11 Å². The van der Waals surface area contributed by atoms with Gasteiger partial charge >= 0.3 is 0 Å². The van der Waals surface area contributed by atoms with Gasteiger partial charge in [-0.1, -0.05) is 6.92 Å². The van der Waals surface area contributed by atoms with E-state index in [1.165, 1.54) is 0 Å². The second-order valence-corrected chi connectivity index (χ2v) is 5.47. The van der Waals surface area contributed by atoms with Crippen LogP contribution < -0.4 is 5.32 Å². The van der Waals surface area contributed by atoms with Gasteiger partial charge in [-0.15, -0.1) is 0 Å². The van der Waals surface area contributed by atoms with Crippen LogP contribution in [0.4, 0.5) is 0 Å². The van der Waals surface area contributed by atoms with Crippen LogP contribution in [0.3, 0.4) is 0 Å². The smallest absolute Gasteiger partial charge is 0.136 e. The number of furan rings is 1. The van der Waals surface area contributed by atoms with Crippen molar-refractivity contribution in [2.75, 3.05) is 6.54 Å². The molecule has 0 saturated carbocycles. The molecule has 0 bridgehead atoms. The molecule has 2 rings (SSSR count). The minimum absolute atomic E-state index is 0.172. The molecule has 5 heteroatoms. The lowest BCUT2D eigenvalue weighted by atomic mass is 10.0. The van der Waals surface area contributed by atoms with Crippen molar-refractivity contribution in [1.29, 1.82) is 0 Å². The molecule has 0 spiro atoms. The minimum Gasteiger partial charge on any atom is -0.463 e. The van der Waals surface area contributed by atoms with Crippen LogP contribution in [0.15, 0.2) is 28.9 Å². The van der Waals surface area contributed by atoms with E-state index < -0.39 is 5.60 Å². The standard InChI is InChI=1S/C15H23N3O2/c1-5-13(12-8-17-18(4)9-12)16-10-15(3,19)14-7-6-11(2)20-14/h6-9,13,16,19H,5,10H2,1-4H3. The van der Waals surface area contributed by atoms with E-state index >= 15 is 0 Å².